The van der Waals surface area contributed by atoms with Crippen molar-refractivity contribution in [2.45, 2.75) is 104 Å². The average Bonchev–Trinajstić information content (AvgIpc) is 2.74. The maximum atomic E-state index is 12.6. The molecular formula is C31H42O8. The zero-order chi connectivity index (χ0) is 29.6. The lowest BCUT2D eigenvalue weighted by Crippen LogP contribution is -2.28. The summed E-state index contributed by atoms with van der Waals surface area (Å²) < 4.78 is 26.6. The molecule has 0 unspecified atom stereocenters. The summed E-state index contributed by atoms with van der Waals surface area (Å²) in [6.07, 6.45) is -0.951. The van der Waals surface area contributed by atoms with E-state index in [1.807, 2.05) is 52.0 Å². The van der Waals surface area contributed by atoms with Crippen LogP contribution in [-0.4, -0.2) is 35.1 Å². The number of hydrogen-bond donors (Lipinski definition) is 0. The van der Waals surface area contributed by atoms with Gasteiger partial charge in [-0.15, -0.1) is 0 Å². The fraction of sp³-hybridized carbons (Fsp3) is 0.516. The van der Waals surface area contributed by atoms with Crippen LogP contribution in [0.25, 0.3) is 0 Å². The first-order valence-corrected chi connectivity index (χ1v) is 13.0. The first-order valence-electron chi connectivity index (χ1n) is 13.0. The fourth-order valence-corrected chi connectivity index (χ4v) is 3.72. The summed E-state index contributed by atoms with van der Waals surface area (Å²) in [5.74, 6) is 0.371. The van der Waals surface area contributed by atoms with Crippen LogP contribution < -0.4 is 9.47 Å². The molecule has 0 fully saturated rings. The molecule has 8 heteroatoms. The Labute approximate surface area is 231 Å². The first-order chi connectivity index (χ1) is 17.8. The van der Waals surface area contributed by atoms with E-state index >= 15 is 0 Å². The van der Waals surface area contributed by atoms with Crippen LogP contribution in [0, 0.1) is 0 Å². The second-order valence-corrected chi connectivity index (χ2v) is 12.6. The van der Waals surface area contributed by atoms with Gasteiger partial charge in [-0.1, -0.05) is 31.2 Å². The van der Waals surface area contributed by atoms with Crippen LogP contribution in [0.15, 0.2) is 48.5 Å². The SMILES string of the molecule is CC(C)(C)OC(=O)CCC(C)(c1ccc(OC(=O)OC(C)(C)C)cc1)c1ccc(OC(=O)OC(C)(C)C)cc1. The average molecular weight is 543 g/mol. The number of benzene rings is 2. The van der Waals surface area contributed by atoms with E-state index < -0.39 is 34.5 Å². The number of esters is 1. The summed E-state index contributed by atoms with van der Waals surface area (Å²) >= 11 is 0. The molecule has 0 N–H and O–H groups in total. The zero-order valence-electron chi connectivity index (χ0n) is 24.8. The molecule has 0 radical (unpaired) electrons. The van der Waals surface area contributed by atoms with Crippen molar-refractivity contribution in [3.63, 3.8) is 0 Å². The van der Waals surface area contributed by atoms with Gasteiger partial charge in [-0.05, 0) is 104 Å². The summed E-state index contributed by atoms with van der Waals surface area (Å²) in [4.78, 5) is 36.7. The van der Waals surface area contributed by atoms with Gasteiger partial charge in [0.05, 0.1) is 0 Å². The summed E-state index contributed by atoms with van der Waals surface area (Å²) in [5, 5.41) is 0. The Morgan fingerprint density at radius 1 is 0.538 bits per heavy atom. The maximum Gasteiger partial charge on any atom is 0.514 e. The Bertz CT molecular complexity index is 1050. The van der Waals surface area contributed by atoms with E-state index in [1.165, 1.54) is 0 Å². The molecule has 0 amide bonds. The van der Waals surface area contributed by atoms with Gasteiger partial charge in [0.1, 0.15) is 28.3 Å². The van der Waals surface area contributed by atoms with Crippen molar-refractivity contribution in [2.24, 2.45) is 0 Å². The predicted octanol–water partition coefficient (Wildman–Crippen LogP) is 7.74. The zero-order valence-corrected chi connectivity index (χ0v) is 24.8. The molecule has 2 aromatic carbocycles. The Hall–Kier alpha value is -3.55. The predicted molar refractivity (Wildman–Crippen MR) is 148 cm³/mol. The van der Waals surface area contributed by atoms with Crippen molar-refractivity contribution >= 4 is 18.3 Å². The van der Waals surface area contributed by atoms with Crippen LogP contribution in [0.4, 0.5) is 9.59 Å². The van der Waals surface area contributed by atoms with Crippen LogP contribution in [0.1, 0.15) is 93.2 Å². The lowest BCUT2D eigenvalue weighted by Gasteiger charge is -2.32. The number of carbonyl (C=O) groups is 3. The molecule has 0 saturated heterocycles. The second-order valence-electron chi connectivity index (χ2n) is 12.6. The fourth-order valence-electron chi connectivity index (χ4n) is 3.72. The van der Waals surface area contributed by atoms with Crippen LogP contribution in [0.2, 0.25) is 0 Å². The highest BCUT2D eigenvalue weighted by molar-refractivity contribution is 5.70. The lowest BCUT2D eigenvalue weighted by molar-refractivity contribution is -0.155. The third-order valence-corrected chi connectivity index (χ3v) is 5.41. The molecule has 0 heterocycles. The van der Waals surface area contributed by atoms with E-state index in [1.54, 1.807) is 65.8 Å². The minimum atomic E-state index is -0.788. The molecule has 8 nitrogen and oxygen atoms in total. The van der Waals surface area contributed by atoms with Gasteiger partial charge >= 0.3 is 18.3 Å². The highest BCUT2D eigenvalue weighted by Gasteiger charge is 2.31. The van der Waals surface area contributed by atoms with E-state index in [4.69, 9.17) is 23.7 Å². The van der Waals surface area contributed by atoms with E-state index in [9.17, 15) is 14.4 Å². The third kappa shape index (κ3) is 11.0. The maximum absolute atomic E-state index is 12.6. The largest absolute Gasteiger partial charge is 0.514 e. The van der Waals surface area contributed by atoms with Crippen molar-refractivity contribution in [3.8, 4) is 11.5 Å². The molecule has 0 spiro atoms. The van der Waals surface area contributed by atoms with Gasteiger partial charge in [0.15, 0.2) is 0 Å². The van der Waals surface area contributed by atoms with Crippen molar-refractivity contribution < 1.29 is 38.1 Å². The Kier molecular flexibility index (Phi) is 9.82. The van der Waals surface area contributed by atoms with Crippen molar-refractivity contribution in [1.29, 1.82) is 0 Å². The van der Waals surface area contributed by atoms with E-state index in [0.29, 0.717) is 17.9 Å². The minimum Gasteiger partial charge on any atom is -0.460 e. The summed E-state index contributed by atoms with van der Waals surface area (Å²) in [6.45, 7) is 18.1. The molecule has 39 heavy (non-hydrogen) atoms. The molecule has 0 saturated carbocycles. The topological polar surface area (TPSA) is 97.4 Å². The van der Waals surface area contributed by atoms with Gasteiger partial charge in [0.2, 0.25) is 0 Å². The highest BCUT2D eigenvalue weighted by atomic mass is 16.7. The normalized spacial score (nSPS) is 12.4. The van der Waals surface area contributed by atoms with Crippen LogP contribution in [0.3, 0.4) is 0 Å². The standard InChI is InChI=1S/C31H42O8/c1-28(2,3)37-25(32)19-20-31(10,21-11-15-23(16-12-21)35-26(33)38-29(4,5)6)22-13-17-24(18-14-22)36-27(34)39-30(7,8)9/h11-18H,19-20H2,1-10H3. The first kappa shape index (κ1) is 31.7. The molecule has 214 valence electrons. The molecule has 0 aromatic heterocycles. The number of carbonyl (C=O) groups excluding carboxylic acids is 3. The van der Waals surface area contributed by atoms with Gasteiger partial charge in [-0.2, -0.15) is 0 Å². The van der Waals surface area contributed by atoms with Crippen molar-refractivity contribution in [2.75, 3.05) is 0 Å². The number of hydrogen-bond acceptors (Lipinski definition) is 8. The molecule has 0 atom stereocenters. The minimum absolute atomic E-state index is 0.181. The lowest BCUT2D eigenvalue weighted by atomic mass is 9.73. The highest BCUT2D eigenvalue weighted by Crippen LogP contribution is 2.38. The van der Waals surface area contributed by atoms with Gasteiger partial charge in [-0.25, -0.2) is 9.59 Å². The van der Waals surface area contributed by atoms with Crippen LogP contribution in [0.5, 0.6) is 11.5 Å². The summed E-state index contributed by atoms with van der Waals surface area (Å²) in [7, 11) is 0. The Morgan fingerprint density at radius 2 is 0.872 bits per heavy atom. The summed E-state index contributed by atoms with van der Waals surface area (Å²) in [6, 6.07) is 14.1. The molecule has 0 aliphatic carbocycles. The van der Waals surface area contributed by atoms with Gasteiger partial charge < -0.3 is 23.7 Å². The van der Waals surface area contributed by atoms with E-state index in [0.717, 1.165) is 11.1 Å². The molecule has 0 bridgehead atoms. The molecule has 2 aromatic rings. The van der Waals surface area contributed by atoms with Crippen molar-refractivity contribution in [1.82, 2.24) is 0 Å². The third-order valence-electron chi connectivity index (χ3n) is 5.41. The Balaban J connectivity index is 2.31. The molecule has 0 aliphatic heterocycles. The Morgan fingerprint density at radius 3 is 1.18 bits per heavy atom. The van der Waals surface area contributed by atoms with Gasteiger partial charge in [0.25, 0.3) is 0 Å². The van der Waals surface area contributed by atoms with Crippen LogP contribution in [-0.2, 0) is 24.4 Å². The smallest absolute Gasteiger partial charge is 0.460 e. The molecular weight excluding hydrogens is 500 g/mol. The number of rotatable bonds is 7. The quantitative estimate of drug-likeness (QED) is 0.199. The van der Waals surface area contributed by atoms with Gasteiger partial charge in [0, 0.05) is 11.8 Å². The van der Waals surface area contributed by atoms with Crippen LogP contribution >= 0.6 is 0 Å². The monoisotopic (exact) mass is 542 g/mol. The molecule has 0 aliphatic rings. The van der Waals surface area contributed by atoms with E-state index in [2.05, 4.69) is 0 Å². The van der Waals surface area contributed by atoms with Crippen molar-refractivity contribution in [3.05, 3.63) is 59.7 Å². The molecule has 2 rings (SSSR count). The summed E-state index contributed by atoms with van der Waals surface area (Å²) in [5.41, 5.74) is -0.764. The van der Waals surface area contributed by atoms with Gasteiger partial charge in [-0.3, -0.25) is 4.79 Å². The van der Waals surface area contributed by atoms with E-state index in [-0.39, 0.29) is 12.4 Å². The second kappa shape index (κ2) is 12.1. The number of ether oxygens (including phenoxy) is 5.